The van der Waals surface area contributed by atoms with Gasteiger partial charge >= 0.3 is 0 Å². The second kappa shape index (κ2) is 9.90. The van der Waals surface area contributed by atoms with Crippen LogP contribution in [0.1, 0.15) is 32.1 Å². The number of hydrogen-bond donors (Lipinski definition) is 2. The van der Waals surface area contributed by atoms with Crippen molar-refractivity contribution >= 4 is 56.7 Å². The summed E-state index contributed by atoms with van der Waals surface area (Å²) in [4.78, 5) is 12.2. The predicted octanol–water partition coefficient (Wildman–Crippen LogP) is 7.26. The Hall–Kier alpha value is -2.61. The highest BCUT2D eigenvalue weighted by atomic mass is 32.1. The monoisotopic (exact) mass is 476 g/mol. The minimum Gasteiger partial charge on any atom is -0.362 e. The van der Waals surface area contributed by atoms with Gasteiger partial charge in [-0.25, -0.2) is 9.97 Å². The van der Waals surface area contributed by atoms with Crippen LogP contribution in [0.15, 0.2) is 64.9 Å². The van der Waals surface area contributed by atoms with E-state index >= 15 is 0 Å². The molecular weight excluding hydrogens is 453 g/mol. The summed E-state index contributed by atoms with van der Waals surface area (Å²) in [6, 6.07) is 14.3. The predicted molar refractivity (Wildman–Crippen MR) is 142 cm³/mol. The smallest absolute Gasteiger partial charge is 0.170 e. The summed E-state index contributed by atoms with van der Waals surface area (Å²) in [5.41, 5.74) is 6.06. The van der Waals surface area contributed by atoms with Crippen molar-refractivity contribution in [2.45, 2.75) is 32.1 Å². The molecule has 0 atom stereocenters. The number of thiocarbonyl (C=S) groups is 1. The van der Waals surface area contributed by atoms with Crippen LogP contribution < -0.4 is 10.6 Å². The number of nitrogens with one attached hydrogen (secondary N) is 2. The summed E-state index contributed by atoms with van der Waals surface area (Å²) in [7, 11) is 0. The van der Waals surface area contributed by atoms with E-state index in [-0.39, 0.29) is 0 Å². The third kappa shape index (κ3) is 4.90. The highest BCUT2D eigenvalue weighted by Crippen LogP contribution is 2.35. The van der Waals surface area contributed by atoms with E-state index in [9.17, 15) is 0 Å². The van der Waals surface area contributed by atoms with Gasteiger partial charge in [-0.3, -0.25) is 0 Å². The maximum absolute atomic E-state index is 5.52. The van der Waals surface area contributed by atoms with E-state index in [1.807, 2.05) is 18.2 Å². The van der Waals surface area contributed by atoms with Crippen molar-refractivity contribution in [3.05, 3.63) is 64.9 Å². The molecule has 4 aromatic rings. The molecule has 1 aromatic carbocycles. The second-order valence-corrected chi connectivity index (χ2v) is 10.1. The molecule has 0 fully saturated rings. The molecule has 0 radical (unpaired) electrons. The van der Waals surface area contributed by atoms with Gasteiger partial charge in [-0.1, -0.05) is 23.8 Å². The molecule has 0 bridgehead atoms. The van der Waals surface area contributed by atoms with Crippen LogP contribution in [0.25, 0.3) is 32.2 Å². The van der Waals surface area contributed by atoms with E-state index in [2.05, 4.69) is 51.7 Å². The number of rotatable bonds is 6. The largest absolute Gasteiger partial charge is 0.362 e. The topological polar surface area (TPSA) is 49.8 Å². The molecule has 3 aromatic heterocycles. The fourth-order valence-corrected chi connectivity index (χ4v) is 5.60. The average Bonchev–Trinajstić information content (AvgIpc) is 3.53. The van der Waals surface area contributed by atoms with Crippen LogP contribution in [-0.2, 0) is 0 Å². The molecule has 32 heavy (non-hydrogen) atoms. The molecule has 0 unspecified atom stereocenters. The maximum atomic E-state index is 5.52. The number of thiophene rings is 2. The van der Waals surface area contributed by atoms with Crippen molar-refractivity contribution in [3.63, 3.8) is 0 Å². The molecule has 0 saturated heterocycles. The molecule has 4 nitrogen and oxygen atoms in total. The molecule has 162 valence electrons. The molecule has 7 heteroatoms. The fourth-order valence-electron chi connectivity index (χ4n) is 3.95. The first-order valence-electron chi connectivity index (χ1n) is 10.9. The van der Waals surface area contributed by atoms with E-state index in [0.717, 1.165) is 50.8 Å². The van der Waals surface area contributed by atoms with Gasteiger partial charge in [0.15, 0.2) is 5.11 Å². The van der Waals surface area contributed by atoms with E-state index < -0.39 is 0 Å². The molecule has 0 aliphatic heterocycles. The molecule has 3 heterocycles. The molecular formula is C25H24N4S3. The molecule has 5 rings (SSSR count). The summed E-state index contributed by atoms with van der Waals surface area (Å²) in [5, 5.41) is 11.4. The Labute approximate surface area is 201 Å². The van der Waals surface area contributed by atoms with Crippen LogP contribution in [0.5, 0.6) is 0 Å². The minimum atomic E-state index is 0.641. The Morgan fingerprint density at radius 1 is 0.938 bits per heavy atom. The molecule has 1 aliphatic rings. The summed E-state index contributed by atoms with van der Waals surface area (Å²) in [6.45, 7) is 0.859. The Bertz CT molecular complexity index is 1240. The van der Waals surface area contributed by atoms with Crippen LogP contribution in [0.4, 0.5) is 5.69 Å². The number of aromatic nitrogens is 2. The number of nitrogens with zero attached hydrogens (tertiary/aromatic N) is 2. The van der Waals surface area contributed by atoms with Gasteiger partial charge in [0.2, 0.25) is 0 Å². The molecule has 0 amide bonds. The van der Waals surface area contributed by atoms with Crippen molar-refractivity contribution in [3.8, 4) is 21.1 Å². The van der Waals surface area contributed by atoms with Gasteiger partial charge in [-0.2, -0.15) is 0 Å². The Morgan fingerprint density at radius 2 is 1.69 bits per heavy atom. The highest BCUT2D eigenvalue weighted by Gasteiger charge is 2.15. The van der Waals surface area contributed by atoms with Crippen molar-refractivity contribution in [1.82, 2.24) is 15.3 Å². The number of anilines is 1. The van der Waals surface area contributed by atoms with Gasteiger partial charge in [0.1, 0.15) is 11.4 Å². The number of allylic oxidation sites excluding steroid dienone is 1. The third-order valence-electron chi connectivity index (χ3n) is 5.55. The lowest BCUT2D eigenvalue weighted by atomic mass is 9.97. The minimum absolute atomic E-state index is 0.641. The first-order valence-corrected chi connectivity index (χ1v) is 13.1. The van der Waals surface area contributed by atoms with Gasteiger partial charge in [-0.15, -0.1) is 22.7 Å². The van der Waals surface area contributed by atoms with Crippen molar-refractivity contribution in [1.29, 1.82) is 0 Å². The summed E-state index contributed by atoms with van der Waals surface area (Å²) in [6.07, 6.45) is 8.53. The number of fused-ring (bicyclic) bond motifs is 1. The number of benzene rings is 1. The highest BCUT2D eigenvalue weighted by molar-refractivity contribution is 7.80. The van der Waals surface area contributed by atoms with Crippen LogP contribution >= 0.6 is 34.9 Å². The van der Waals surface area contributed by atoms with E-state index in [0.29, 0.717) is 5.11 Å². The Morgan fingerprint density at radius 3 is 2.34 bits per heavy atom. The van der Waals surface area contributed by atoms with Gasteiger partial charge < -0.3 is 10.6 Å². The van der Waals surface area contributed by atoms with Crippen LogP contribution in [0.2, 0.25) is 0 Å². The van der Waals surface area contributed by atoms with Gasteiger partial charge in [-0.05, 0) is 85.4 Å². The standard InChI is InChI=1S/C25H24N4S3/c30-25(26-13-12-17-6-2-1-3-7-17)27-18-10-11-19-20(16-18)29-24(22-9-5-15-32-22)23(28-19)21-8-4-14-31-21/h4-6,8-11,14-16H,1-3,7,12-13H2,(H2,26,27,30). The summed E-state index contributed by atoms with van der Waals surface area (Å²) < 4.78 is 0. The Balaban J connectivity index is 1.35. The first-order chi connectivity index (χ1) is 15.8. The second-order valence-electron chi connectivity index (χ2n) is 7.82. The zero-order valence-corrected chi connectivity index (χ0v) is 20.1. The van der Waals surface area contributed by atoms with Crippen LogP contribution in [-0.4, -0.2) is 21.6 Å². The lowest BCUT2D eigenvalue weighted by molar-refractivity contribution is 0.669. The summed E-state index contributed by atoms with van der Waals surface area (Å²) in [5.74, 6) is 0. The number of hydrogen-bond acceptors (Lipinski definition) is 5. The Kier molecular flexibility index (Phi) is 6.57. The lowest BCUT2D eigenvalue weighted by Gasteiger charge is -2.15. The lowest BCUT2D eigenvalue weighted by Crippen LogP contribution is -2.29. The molecule has 2 N–H and O–H groups in total. The molecule has 0 spiro atoms. The zero-order chi connectivity index (χ0) is 21.8. The molecule has 1 aliphatic carbocycles. The van der Waals surface area contributed by atoms with Gasteiger partial charge in [0.25, 0.3) is 0 Å². The van der Waals surface area contributed by atoms with Crippen molar-refractivity contribution < 1.29 is 0 Å². The normalized spacial score (nSPS) is 13.7. The van der Waals surface area contributed by atoms with Crippen molar-refractivity contribution in [2.24, 2.45) is 0 Å². The molecule has 0 saturated carbocycles. The average molecular weight is 477 g/mol. The van der Waals surface area contributed by atoms with E-state index in [1.165, 1.54) is 25.7 Å². The SMILES string of the molecule is S=C(NCCC1=CCCCC1)Nc1ccc2nc(-c3cccs3)c(-c3cccs3)nc2c1. The maximum Gasteiger partial charge on any atom is 0.170 e. The van der Waals surface area contributed by atoms with Gasteiger partial charge in [0.05, 0.1) is 20.8 Å². The van der Waals surface area contributed by atoms with Crippen molar-refractivity contribution in [2.75, 3.05) is 11.9 Å². The summed E-state index contributed by atoms with van der Waals surface area (Å²) >= 11 is 8.89. The fraction of sp³-hybridized carbons (Fsp3) is 0.240. The van der Waals surface area contributed by atoms with E-state index in [4.69, 9.17) is 22.2 Å². The van der Waals surface area contributed by atoms with Gasteiger partial charge in [0, 0.05) is 12.2 Å². The van der Waals surface area contributed by atoms with Crippen LogP contribution in [0.3, 0.4) is 0 Å². The first kappa shape index (κ1) is 21.2. The van der Waals surface area contributed by atoms with Crippen LogP contribution in [0, 0.1) is 0 Å². The quantitative estimate of drug-likeness (QED) is 0.226. The van der Waals surface area contributed by atoms with E-state index in [1.54, 1.807) is 28.2 Å². The zero-order valence-electron chi connectivity index (χ0n) is 17.6. The third-order valence-corrected chi connectivity index (χ3v) is 7.55.